The van der Waals surface area contributed by atoms with Crippen molar-refractivity contribution in [2.24, 2.45) is 0 Å². The van der Waals surface area contributed by atoms with Crippen LogP contribution in [-0.2, 0) is 5.88 Å². The van der Waals surface area contributed by atoms with Gasteiger partial charge >= 0.3 is 0 Å². The number of benzene rings is 1. The van der Waals surface area contributed by atoms with E-state index in [9.17, 15) is 4.79 Å². The molecule has 2 nitrogen and oxygen atoms in total. The first kappa shape index (κ1) is 12.9. The van der Waals surface area contributed by atoms with E-state index < -0.39 is 0 Å². The lowest BCUT2D eigenvalue weighted by molar-refractivity contribution is 0.102. The SMILES string of the molecule is O=C(Nc1ccc(CCl)cc1)c1csc(I)c1. The highest BCUT2D eigenvalue weighted by Crippen LogP contribution is 2.18. The third kappa shape index (κ3) is 3.43. The minimum atomic E-state index is -0.0808. The summed E-state index contributed by atoms with van der Waals surface area (Å²) in [7, 11) is 0. The highest BCUT2D eigenvalue weighted by molar-refractivity contribution is 14.1. The van der Waals surface area contributed by atoms with Crippen molar-refractivity contribution in [1.82, 2.24) is 0 Å². The molecule has 1 aromatic heterocycles. The van der Waals surface area contributed by atoms with Gasteiger partial charge in [-0.15, -0.1) is 22.9 Å². The van der Waals surface area contributed by atoms with E-state index in [2.05, 4.69) is 27.9 Å². The molecular formula is C12H9ClINOS. The summed E-state index contributed by atoms with van der Waals surface area (Å²) in [4.78, 5) is 11.8. The maximum atomic E-state index is 11.8. The van der Waals surface area contributed by atoms with Gasteiger partial charge in [0.1, 0.15) is 0 Å². The van der Waals surface area contributed by atoms with Crippen molar-refractivity contribution in [3.8, 4) is 0 Å². The topological polar surface area (TPSA) is 29.1 Å². The van der Waals surface area contributed by atoms with Crippen LogP contribution in [0.25, 0.3) is 0 Å². The van der Waals surface area contributed by atoms with Crippen molar-refractivity contribution in [3.05, 3.63) is 49.7 Å². The third-order valence-electron chi connectivity index (χ3n) is 2.20. The zero-order chi connectivity index (χ0) is 12.3. The average molecular weight is 378 g/mol. The molecule has 1 heterocycles. The molecule has 0 spiro atoms. The third-order valence-corrected chi connectivity index (χ3v) is 4.29. The summed E-state index contributed by atoms with van der Waals surface area (Å²) in [6.45, 7) is 0. The van der Waals surface area contributed by atoms with Gasteiger partial charge in [0.15, 0.2) is 0 Å². The molecule has 17 heavy (non-hydrogen) atoms. The molecular weight excluding hydrogens is 369 g/mol. The Morgan fingerprint density at radius 2 is 2.06 bits per heavy atom. The van der Waals surface area contributed by atoms with Crippen molar-refractivity contribution in [1.29, 1.82) is 0 Å². The first-order valence-electron chi connectivity index (χ1n) is 4.89. The van der Waals surface area contributed by atoms with Crippen LogP contribution < -0.4 is 5.32 Å². The molecule has 0 radical (unpaired) electrons. The van der Waals surface area contributed by atoms with E-state index in [1.54, 1.807) is 11.3 Å². The van der Waals surface area contributed by atoms with Gasteiger partial charge in [0.25, 0.3) is 5.91 Å². The Labute approximate surface area is 122 Å². The molecule has 0 saturated carbocycles. The number of amides is 1. The van der Waals surface area contributed by atoms with Crippen LogP contribution in [0.5, 0.6) is 0 Å². The average Bonchev–Trinajstić information content (AvgIpc) is 2.77. The van der Waals surface area contributed by atoms with E-state index in [1.165, 1.54) is 0 Å². The molecule has 1 N–H and O–H groups in total. The smallest absolute Gasteiger partial charge is 0.256 e. The second kappa shape index (κ2) is 5.84. The summed E-state index contributed by atoms with van der Waals surface area (Å²) in [6, 6.07) is 9.38. The molecule has 0 atom stereocenters. The van der Waals surface area contributed by atoms with Gasteiger partial charge in [-0.2, -0.15) is 0 Å². The first-order chi connectivity index (χ1) is 8.19. The minimum absolute atomic E-state index is 0.0808. The number of alkyl halides is 1. The van der Waals surface area contributed by atoms with Crippen LogP contribution in [0, 0.1) is 2.88 Å². The maximum Gasteiger partial charge on any atom is 0.256 e. The van der Waals surface area contributed by atoms with E-state index in [-0.39, 0.29) is 5.91 Å². The summed E-state index contributed by atoms with van der Waals surface area (Å²) >= 11 is 9.45. The summed E-state index contributed by atoms with van der Waals surface area (Å²) in [5.74, 6) is 0.402. The van der Waals surface area contributed by atoms with Crippen LogP contribution in [0.2, 0.25) is 0 Å². The standard InChI is InChI=1S/C12H9ClINOS/c13-6-8-1-3-10(4-2-8)15-12(16)9-5-11(14)17-7-9/h1-5,7H,6H2,(H,15,16). The lowest BCUT2D eigenvalue weighted by Crippen LogP contribution is -2.10. The highest BCUT2D eigenvalue weighted by atomic mass is 127. The molecule has 2 rings (SSSR count). The van der Waals surface area contributed by atoms with Gasteiger partial charge in [0, 0.05) is 16.9 Å². The molecule has 5 heteroatoms. The molecule has 0 unspecified atom stereocenters. The van der Waals surface area contributed by atoms with Gasteiger partial charge < -0.3 is 5.32 Å². The Hall–Kier alpha value is -0.590. The second-order valence-corrected chi connectivity index (χ2v) is 6.50. The van der Waals surface area contributed by atoms with Gasteiger partial charge in [-0.1, -0.05) is 12.1 Å². The number of hydrogen-bond acceptors (Lipinski definition) is 2. The zero-order valence-corrected chi connectivity index (χ0v) is 12.5. The van der Waals surface area contributed by atoms with E-state index in [1.807, 2.05) is 35.7 Å². The summed E-state index contributed by atoms with van der Waals surface area (Å²) in [5.41, 5.74) is 2.51. The van der Waals surface area contributed by atoms with Crippen molar-refractivity contribution in [3.63, 3.8) is 0 Å². The first-order valence-corrected chi connectivity index (χ1v) is 7.38. The Morgan fingerprint density at radius 1 is 1.35 bits per heavy atom. The summed E-state index contributed by atoms with van der Waals surface area (Å²) < 4.78 is 1.10. The number of carbonyl (C=O) groups is 1. The maximum absolute atomic E-state index is 11.8. The van der Waals surface area contributed by atoms with Crippen LogP contribution in [-0.4, -0.2) is 5.91 Å². The lowest BCUT2D eigenvalue weighted by Gasteiger charge is -2.04. The van der Waals surface area contributed by atoms with E-state index in [0.29, 0.717) is 11.4 Å². The van der Waals surface area contributed by atoms with E-state index in [0.717, 1.165) is 14.1 Å². The number of carbonyl (C=O) groups excluding carboxylic acids is 1. The van der Waals surface area contributed by atoms with Crippen LogP contribution in [0.3, 0.4) is 0 Å². The summed E-state index contributed by atoms with van der Waals surface area (Å²) in [6.07, 6.45) is 0. The number of thiophene rings is 1. The summed E-state index contributed by atoms with van der Waals surface area (Å²) in [5, 5.41) is 4.70. The number of rotatable bonds is 3. The fourth-order valence-electron chi connectivity index (χ4n) is 1.31. The molecule has 0 bridgehead atoms. The molecule has 0 aliphatic rings. The van der Waals surface area contributed by atoms with Gasteiger partial charge in [-0.25, -0.2) is 0 Å². The minimum Gasteiger partial charge on any atom is -0.322 e. The van der Waals surface area contributed by atoms with Crippen LogP contribution in [0.15, 0.2) is 35.7 Å². The predicted molar refractivity (Wildman–Crippen MR) is 81.0 cm³/mol. The normalized spacial score (nSPS) is 10.2. The zero-order valence-electron chi connectivity index (χ0n) is 8.74. The van der Waals surface area contributed by atoms with E-state index in [4.69, 9.17) is 11.6 Å². The molecule has 1 amide bonds. The second-order valence-electron chi connectivity index (χ2n) is 3.42. The molecule has 2 aromatic rings. The van der Waals surface area contributed by atoms with E-state index >= 15 is 0 Å². The van der Waals surface area contributed by atoms with Crippen LogP contribution in [0.1, 0.15) is 15.9 Å². The van der Waals surface area contributed by atoms with Crippen LogP contribution in [0.4, 0.5) is 5.69 Å². The van der Waals surface area contributed by atoms with Crippen molar-refractivity contribution < 1.29 is 4.79 Å². The van der Waals surface area contributed by atoms with Crippen molar-refractivity contribution >= 4 is 57.1 Å². The lowest BCUT2D eigenvalue weighted by atomic mass is 10.2. The Morgan fingerprint density at radius 3 is 2.59 bits per heavy atom. The van der Waals surface area contributed by atoms with Gasteiger partial charge in [0.05, 0.1) is 8.45 Å². The molecule has 0 saturated heterocycles. The molecule has 0 aliphatic carbocycles. The molecule has 88 valence electrons. The predicted octanol–water partition coefficient (Wildman–Crippen LogP) is 4.34. The number of hydrogen-bond donors (Lipinski definition) is 1. The van der Waals surface area contributed by atoms with Crippen molar-refractivity contribution in [2.75, 3.05) is 5.32 Å². The largest absolute Gasteiger partial charge is 0.322 e. The molecule has 0 aliphatic heterocycles. The Balaban J connectivity index is 2.07. The Bertz CT molecular complexity index is 524. The number of halogens is 2. The highest BCUT2D eigenvalue weighted by Gasteiger charge is 2.07. The van der Waals surface area contributed by atoms with Crippen molar-refractivity contribution in [2.45, 2.75) is 5.88 Å². The van der Waals surface area contributed by atoms with Gasteiger partial charge in [-0.05, 0) is 46.4 Å². The fourth-order valence-corrected chi connectivity index (χ4v) is 2.81. The van der Waals surface area contributed by atoms with Gasteiger partial charge in [-0.3, -0.25) is 4.79 Å². The van der Waals surface area contributed by atoms with Gasteiger partial charge in [0.2, 0.25) is 0 Å². The quantitative estimate of drug-likeness (QED) is 0.625. The fraction of sp³-hybridized carbons (Fsp3) is 0.0833. The number of nitrogens with one attached hydrogen (secondary N) is 1. The Kier molecular flexibility index (Phi) is 4.42. The molecule has 0 fully saturated rings. The monoisotopic (exact) mass is 377 g/mol. The molecule has 1 aromatic carbocycles. The van der Waals surface area contributed by atoms with Crippen LogP contribution >= 0.6 is 45.5 Å². The number of anilines is 1.